The molecule has 1 saturated heterocycles. The average molecular weight is 279 g/mol. The number of nitrogens with two attached hydrogens (primary N) is 1. The van der Waals surface area contributed by atoms with E-state index in [-0.39, 0.29) is 0 Å². The van der Waals surface area contributed by atoms with Gasteiger partial charge in [0.2, 0.25) is 0 Å². The monoisotopic (exact) mass is 278 g/mol. The fraction of sp³-hybridized carbons (Fsp3) is 0.625. The van der Waals surface area contributed by atoms with E-state index in [1.54, 1.807) is 0 Å². The molecule has 3 rings (SSSR count). The molecule has 2 aliphatic rings. The minimum atomic E-state index is 0.567. The summed E-state index contributed by atoms with van der Waals surface area (Å²) in [5, 5.41) is 0.786. The van der Waals surface area contributed by atoms with Crippen molar-refractivity contribution in [2.45, 2.75) is 45.1 Å². The summed E-state index contributed by atoms with van der Waals surface area (Å²) in [5.41, 5.74) is 9.00. The van der Waals surface area contributed by atoms with Gasteiger partial charge in [-0.3, -0.25) is 0 Å². The third-order valence-corrected chi connectivity index (χ3v) is 5.33. The highest BCUT2D eigenvalue weighted by Crippen LogP contribution is 2.46. The molecule has 1 aromatic rings. The summed E-state index contributed by atoms with van der Waals surface area (Å²) in [6.07, 6.45) is 8.47. The number of hydrogen-bond acceptors (Lipinski definition) is 2. The predicted octanol–water partition coefficient (Wildman–Crippen LogP) is 3.96. The topological polar surface area (TPSA) is 29.3 Å². The van der Waals surface area contributed by atoms with Crippen LogP contribution in [-0.2, 0) is 6.54 Å². The summed E-state index contributed by atoms with van der Waals surface area (Å²) < 4.78 is 0. The number of anilines is 1. The number of piperidine rings is 1. The molecule has 1 aromatic carbocycles. The zero-order valence-electron chi connectivity index (χ0n) is 11.5. The molecule has 0 aromatic heterocycles. The van der Waals surface area contributed by atoms with Crippen LogP contribution in [0.25, 0.3) is 0 Å². The van der Waals surface area contributed by atoms with Gasteiger partial charge < -0.3 is 10.6 Å². The Kier molecular flexibility index (Phi) is 3.72. The summed E-state index contributed by atoms with van der Waals surface area (Å²) >= 11 is 6.06. The lowest BCUT2D eigenvalue weighted by Gasteiger charge is -2.41. The Morgan fingerprint density at radius 1 is 1.11 bits per heavy atom. The first-order chi connectivity index (χ1) is 9.22. The highest BCUT2D eigenvalue weighted by atomic mass is 35.5. The van der Waals surface area contributed by atoms with Gasteiger partial charge in [-0.1, -0.05) is 24.4 Å². The molecule has 2 nitrogen and oxygen atoms in total. The van der Waals surface area contributed by atoms with E-state index in [0.717, 1.165) is 5.02 Å². The van der Waals surface area contributed by atoms with E-state index in [1.165, 1.54) is 62.9 Å². The van der Waals surface area contributed by atoms with Gasteiger partial charge >= 0.3 is 0 Å². The highest BCUT2D eigenvalue weighted by molar-refractivity contribution is 6.30. The van der Waals surface area contributed by atoms with Gasteiger partial charge in [0.05, 0.1) is 0 Å². The second kappa shape index (κ2) is 5.34. The number of rotatable bonds is 2. The quantitative estimate of drug-likeness (QED) is 0.887. The number of halogens is 1. The second-order valence-electron chi connectivity index (χ2n) is 6.17. The molecule has 1 heterocycles. The molecule has 1 saturated carbocycles. The smallest absolute Gasteiger partial charge is 0.0412 e. The van der Waals surface area contributed by atoms with Crippen LogP contribution in [0.1, 0.15) is 44.1 Å². The van der Waals surface area contributed by atoms with Crippen molar-refractivity contribution in [2.24, 2.45) is 11.1 Å². The van der Waals surface area contributed by atoms with Crippen molar-refractivity contribution in [3.05, 3.63) is 28.8 Å². The Labute approximate surface area is 120 Å². The van der Waals surface area contributed by atoms with Crippen LogP contribution in [0.5, 0.6) is 0 Å². The average Bonchev–Trinajstić information content (AvgIpc) is 2.88. The van der Waals surface area contributed by atoms with Crippen LogP contribution in [0.4, 0.5) is 5.69 Å². The van der Waals surface area contributed by atoms with Crippen LogP contribution in [0.15, 0.2) is 18.2 Å². The Balaban J connectivity index is 1.74. The van der Waals surface area contributed by atoms with Gasteiger partial charge in [-0.15, -0.1) is 0 Å². The van der Waals surface area contributed by atoms with Crippen molar-refractivity contribution in [1.82, 2.24) is 0 Å². The van der Waals surface area contributed by atoms with Crippen LogP contribution in [0.2, 0.25) is 5.02 Å². The third-order valence-electron chi connectivity index (χ3n) is 5.09. The fourth-order valence-corrected chi connectivity index (χ4v) is 4.07. The van der Waals surface area contributed by atoms with Crippen LogP contribution in [0.3, 0.4) is 0 Å². The Morgan fingerprint density at radius 2 is 1.79 bits per heavy atom. The van der Waals surface area contributed by atoms with Gasteiger partial charge in [-0.25, -0.2) is 0 Å². The molecule has 2 N–H and O–H groups in total. The normalized spacial score (nSPS) is 22.1. The zero-order chi connectivity index (χ0) is 13.3. The first kappa shape index (κ1) is 13.3. The van der Waals surface area contributed by atoms with Crippen molar-refractivity contribution < 1.29 is 0 Å². The highest BCUT2D eigenvalue weighted by Gasteiger charge is 2.37. The van der Waals surface area contributed by atoms with E-state index in [1.807, 2.05) is 12.1 Å². The fourth-order valence-electron chi connectivity index (χ4n) is 3.87. The summed E-state index contributed by atoms with van der Waals surface area (Å²) in [4.78, 5) is 2.50. The molecule has 0 radical (unpaired) electrons. The van der Waals surface area contributed by atoms with Gasteiger partial charge in [0.25, 0.3) is 0 Å². The van der Waals surface area contributed by atoms with Gasteiger partial charge in [0.1, 0.15) is 0 Å². The maximum absolute atomic E-state index is 6.06. The molecule has 19 heavy (non-hydrogen) atoms. The maximum atomic E-state index is 6.06. The van der Waals surface area contributed by atoms with E-state index in [9.17, 15) is 0 Å². The first-order valence-electron chi connectivity index (χ1n) is 7.46. The van der Waals surface area contributed by atoms with E-state index in [2.05, 4.69) is 11.0 Å². The first-order valence-corrected chi connectivity index (χ1v) is 7.84. The molecule has 104 valence electrons. The number of hydrogen-bond donors (Lipinski definition) is 1. The standard InChI is InChI=1S/C16H23ClN2/c17-14-3-4-15(13(11-14)12-18)19-9-7-16(8-10-19)5-1-2-6-16/h3-4,11H,1-2,5-10,12,18H2. The molecule has 0 unspecified atom stereocenters. The number of nitrogens with zero attached hydrogens (tertiary/aromatic N) is 1. The zero-order valence-corrected chi connectivity index (χ0v) is 12.3. The molecule has 0 amide bonds. The SMILES string of the molecule is NCc1cc(Cl)ccc1N1CCC2(CCCC2)CC1. The summed E-state index contributed by atoms with van der Waals surface area (Å²) in [6, 6.07) is 6.13. The van der Waals surface area contributed by atoms with E-state index >= 15 is 0 Å². The Morgan fingerprint density at radius 3 is 2.42 bits per heavy atom. The molecule has 2 fully saturated rings. The van der Waals surface area contributed by atoms with Crippen molar-refractivity contribution in [2.75, 3.05) is 18.0 Å². The lowest BCUT2D eigenvalue weighted by Crippen LogP contribution is -2.39. The van der Waals surface area contributed by atoms with E-state index in [0.29, 0.717) is 12.0 Å². The molecule has 0 bridgehead atoms. The molecule has 3 heteroatoms. The summed E-state index contributed by atoms with van der Waals surface area (Å²) in [6.45, 7) is 2.92. The molecule has 1 aliphatic heterocycles. The largest absolute Gasteiger partial charge is 0.371 e. The third kappa shape index (κ3) is 2.61. The number of benzene rings is 1. The lowest BCUT2D eigenvalue weighted by molar-refractivity contribution is 0.226. The minimum absolute atomic E-state index is 0.567. The van der Waals surface area contributed by atoms with Gasteiger partial charge in [-0.2, -0.15) is 0 Å². The Bertz CT molecular complexity index is 442. The molecule has 1 aliphatic carbocycles. The minimum Gasteiger partial charge on any atom is -0.371 e. The molecular formula is C16H23ClN2. The van der Waals surface area contributed by atoms with E-state index < -0.39 is 0 Å². The maximum Gasteiger partial charge on any atom is 0.0412 e. The van der Waals surface area contributed by atoms with Gasteiger partial charge in [-0.05, 0) is 54.9 Å². The van der Waals surface area contributed by atoms with Crippen molar-refractivity contribution in [3.63, 3.8) is 0 Å². The second-order valence-corrected chi connectivity index (χ2v) is 6.61. The summed E-state index contributed by atoms with van der Waals surface area (Å²) in [5.74, 6) is 0. The summed E-state index contributed by atoms with van der Waals surface area (Å²) in [7, 11) is 0. The van der Waals surface area contributed by atoms with Crippen LogP contribution < -0.4 is 10.6 Å². The predicted molar refractivity (Wildman–Crippen MR) is 81.7 cm³/mol. The van der Waals surface area contributed by atoms with Gasteiger partial charge in [0.15, 0.2) is 0 Å². The molecule has 0 atom stereocenters. The van der Waals surface area contributed by atoms with Crippen LogP contribution >= 0.6 is 11.6 Å². The lowest BCUT2D eigenvalue weighted by atomic mass is 9.77. The van der Waals surface area contributed by atoms with E-state index in [4.69, 9.17) is 17.3 Å². The van der Waals surface area contributed by atoms with Crippen molar-refractivity contribution in [3.8, 4) is 0 Å². The van der Waals surface area contributed by atoms with Crippen molar-refractivity contribution >= 4 is 17.3 Å². The molecule has 1 spiro atoms. The Hall–Kier alpha value is -0.730. The van der Waals surface area contributed by atoms with Crippen LogP contribution in [0, 0.1) is 5.41 Å². The van der Waals surface area contributed by atoms with Gasteiger partial charge in [0, 0.05) is 30.3 Å². The molecular weight excluding hydrogens is 256 g/mol. The van der Waals surface area contributed by atoms with Crippen LogP contribution in [-0.4, -0.2) is 13.1 Å². The van der Waals surface area contributed by atoms with Crippen molar-refractivity contribution in [1.29, 1.82) is 0 Å².